The Morgan fingerprint density at radius 2 is 2.10 bits per heavy atom. The zero-order valence-electron chi connectivity index (χ0n) is 15.4. The van der Waals surface area contributed by atoms with Crippen LogP contribution in [-0.2, 0) is 11.3 Å². The number of anilines is 2. The second-order valence-corrected chi connectivity index (χ2v) is 8.42. The van der Waals surface area contributed by atoms with Crippen LogP contribution in [0.5, 0.6) is 0 Å². The maximum absolute atomic E-state index is 12.3. The number of pyridine rings is 1. The van der Waals surface area contributed by atoms with Crippen LogP contribution < -0.4 is 11.1 Å². The van der Waals surface area contributed by atoms with Crippen LogP contribution in [0.2, 0.25) is 5.02 Å². The van der Waals surface area contributed by atoms with Crippen LogP contribution in [0.3, 0.4) is 0 Å². The highest BCUT2D eigenvalue weighted by Crippen LogP contribution is 2.39. The summed E-state index contributed by atoms with van der Waals surface area (Å²) in [7, 11) is 0. The van der Waals surface area contributed by atoms with Gasteiger partial charge in [-0.25, -0.2) is 4.98 Å². The van der Waals surface area contributed by atoms with Gasteiger partial charge < -0.3 is 15.6 Å². The van der Waals surface area contributed by atoms with Gasteiger partial charge >= 0.3 is 0 Å². The minimum absolute atomic E-state index is 0.166. The first kappa shape index (κ1) is 19.7. The highest BCUT2D eigenvalue weighted by atomic mass is 35.5. The number of thiophene rings is 1. The summed E-state index contributed by atoms with van der Waals surface area (Å²) in [6.07, 6.45) is 1.74. The molecule has 3 aromatic heterocycles. The monoisotopic (exact) mass is 444 g/mol. The summed E-state index contributed by atoms with van der Waals surface area (Å²) in [5.41, 5.74) is 7.56. The first-order chi connectivity index (χ1) is 14.1. The van der Waals surface area contributed by atoms with Crippen molar-refractivity contribution in [1.29, 1.82) is 0 Å². The number of carbonyl (C=O) groups excluding carboxylic acids is 1. The van der Waals surface area contributed by atoms with Crippen LogP contribution in [-0.4, -0.2) is 31.4 Å². The molecule has 7 nitrogen and oxygen atoms in total. The van der Waals surface area contributed by atoms with Gasteiger partial charge in [-0.1, -0.05) is 35.5 Å². The van der Waals surface area contributed by atoms with Crippen molar-refractivity contribution in [3.63, 3.8) is 0 Å². The predicted octanol–water partition coefficient (Wildman–Crippen LogP) is 4.54. The van der Waals surface area contributed by atoms with E-state index >= 15 is 0 Å². The fourth-order valence-corrected chi connectivity index (χ4v) is 4.89. The third-order valence-corrected chi connectivity index (χ3v) is 6.64. The molecule has 1 aromatic carbocycles. The van der Waals surface area contributed by atoms with Crippen LogP contribution in [0.4, 0.5) is 11.4 Å². The van der Waals surface area contributed by atoms with Gasteiger partial charge in [0.15, 0.2) is 11.0 Å². The Morgan fingerprint density at radius 1 is 1.28 bits per heavy atom. The molecule has 0 atom stereocenters. The number of halogens is 1. The molecular formula is C19H17ClN6OS2. The summed E-state index contributed by atoms with van der Waals surface area (Å²) in [6.45, 7) is 2.65. The minimum atomic E-state index is -0.166. The van der Waals surface area contributed by atoms with Crippen LogP contribution in [0.15, 0.2) is 47.8 Å². The summed E-state index contributed by atoms with van der Waals surface area (Å²) in [4.78, 5) is 18.4. The highest BCUT2D eigenvalue weighted by Gasteiger charge is 2.20. The SMILES string of the molecule is CCn1c(SCC(=O)Nc2ccccc2Cl)nnc1-c1sc2ncccc2c1N. The van der Waals surface area contributed by atoms with E-state index in [9.17, 15) is 4.79 Å². The van der Waals surface area contributed by atoms with Crippen molar-refractivity contribution < 1.29 is 4.79 Å². The standard InChI is InChI=1S/C19H17ClN6OS2/c1-2-26-17(16-15(21)11-6-5-9-22-18(11)29-16)24-25-19(26)28-10-14(27)23-13-8-4-3-7-12(13)20/h3-9H,2,10,21H2,1H3,(H,23,27). The van der Waals surface area contributed by atoms with E-state index in [1.54, 1.807) is 18.3 Å². The van der Waals surface area contributed by atoms with Gasteiger partial charge in [-0.15, -0.1) is 21.5 Å². The van der Waals surface area contributed by atoms with Gasteiger partial charge in [-0.2, -0.15) is 0 Å². The minimum Gasteiger partial charge on any atom is -0.397 e. The van der Waals surface area contributed by atoms with Crippen molar-refractivity contribution in [2.45, 2.75) is 18.6 Å². The lowest BCUT2D eigenvalue weighted by molar-refractivity contribution is -0.113. The number of hydrogen-bond donors (Lipinski definition) is 2. The van der Waals surface area contributed by atoms with Gasteiger partial charge in [0.1, 0.15) is 4.83 Å². The summed E-state index contributed by atoms with van der Waals surface area (Å²) >= 11 is 8.89. The number of benzene rings is 1. The molecule has 148 valence electrons. The van der Waals surface area contributed by atoms with E-state index in [0.29, 0.717) is 33.9 Å². The molecule has 3 N–H and O–H groups in total. The predicted molar refractivity (Wildman–Crippen MR) is 120 cm³/mol. The average molecular weight is 445 g/mol. The molecule has 0 aliphatic heterocycles. The van der Waals surface area contributed by atoms with E-state index in [1.165, 1.54) is 23.1 Å². The fourth-order valence-electron chi connectivity index (χ4n) is 2.84. The molecule has 0 aliphatic carbocycles. The maximum atomic E-state index is 12.3. The third kappa shape index (κ3) is 3.93. The molecule has 0 saturated carbocycles. The summed E-state index contributed by atoms with van der Waals surface area (Å²) < 4.78 is 1.95. The van der Waals surface area contributed by atoms with Crippen LogP contribution in [0.25, 0.3) is 20.9 Å². The second-order valence-electron chi connectivity index (χ2n) is 6.07. The first-order valence-electron chi connectivity index (χ1n) is 8.82. The summed E-state index contributed by atoms with van der Waals surface area (Å²) in [5.74, 6) is 0.704. The fraction of sp³-hybridized carbons (Fsp3) is 0.158. The number of aromatic nitrogens is 4. The molecule has 29 heavy (non-hydrogen) atoms. The number of nitrogens with zero attached hydrogens (tertiary/aromatic N) is 4. The Balaban J connectivity index is 1.54. The number of fused-ring (bicyclic) bond motifs is 1. The zero-order chi connectivity index (χ0) is 20.4. The summed E-state index contributed by atoms with van der Waals surface area (Å²) in [5, 5.41) is 13.5. The number of nitrogens with two attached hydrogens (primary N) is 1. The molecular weight excluding hydrogens is 428 g/mol. The molecule has 4 aromatic rings. The number of hydrogen-bond acceptors (Lipinski definition) is 7. The topological polar surface area (TPSA) is 98.7 Å². The maximum Gasteiger partial charge on any atom is 0.234 e. The number of thioether (sulfide) groups is 1. The van der Waals surface area contributed by atoms with Gasteiger partial charge in [0.05, 0.1) is 27.0 Å². The number of nitrogen functional groups attached to an aromatic ring is 1. The number of rotatable bonds is 6. The Morgan fingerprint density at radius 3 is 2.86 bits per heavy atom. The molecule has 0 fully saturated rings. The van der Waals surface area contributed by atoms with Crippen molar-refractivity contribution in [3.8, 4) is 10.7 Å². The van der Waals surface area contributed by atoms with E-state index in [-0.39, 0.29) is 11.7 Å². The van der Waals surface area contributed by atoms with Crippen molar-refractivity contribution >= 4 is 62.2 Å². The molecule has 0 spiro atoms. The molecule has 0 aliphatic rings. The van der Waals surface area contributed by atoms with E-state index in [4.69, 9.17) is 17.3 Å². The third-order valence-electron chi connectivity index (χ3n) is 4.22. The number of carbonyl (C=O) groups is 1. The molecule has 1 amide bonds. The number of amides is 1. The average Bonchev–Trinajstić information content (AvgIpc) is 3.29. The lowest BCUT2D eigenvalue weighted by atomic mass is 10.2. The molecule has 0 unspecified atom stereocenters. The molecule has 3 heterocycles. The number of para-hydroxylation sites is 1. The van der Waals surface area contributed by atoms with Crippen LogP contribution in [0.1, 0.15) is 6.92 Å². The molecule has 4 rings (SSSR count). The van der Waals surface area contributed by atoms with Gasteiger partial charge in [0, 0.05) is 18.1 Å². The van der Waals surface area contributed by atoms with E-state index < -0.39 is 0 Å². The first-order valence-corrected chi connectivity index (χ1v) is 11.0. The normalized spacial score (nSPS) is 11.1. The van der Waals surface area contributed by atoms with Crippen LogP contribution in [0, 0.1) is 0 Å². The summed E-state index contributed by atoms with van der Waals surface area (Å²) in [6, 6.07) is 10.9. The Kier molecular flexibility index (Phi) is 5.70. The number of nitrogens with one attached hydrogen (secondary N) is 1. The molecule has 0 bridgehead atoms. The van der Waals surface area contributed by atoms with Gasteiger partial charge in [-0.05, 0) is 31.2 Å². The van der Waals surface area contributed by atoms with E-state index in [2.05, 4.69) is 20.5 Å². The van der Waals surface area contributed by atoms with Gasteiger partial charge in [-0.3, -0.25) is 4.79 Å². The Labute approximate surface area is 180 Å². The van der Waals surface area contributed by atoms with E-state index in [0.717, 1.165) is 15.1 Å². The quantitative estimate of drug-likeness (QED) is 0.423. The van der Waals surface area contributed by atoms with Crippen LogP contribution >= 0.6 is 34.7 Å². The lowest BCUT2D eigenvalue weighted by Crippen LogP contribution is -2.15. The van der Waals surface area contributed by atoms with Crippen molar-refractivity contribution in [1.82, 2.24) is 19.7 Å². The Bertz CT molecular complexity index is 1190. The highest BCUT2D eigenvalue weighted by molar-refractivity contribution is 7.99. The molecule has 0 saturated heterocycles. The van der Waals surface area contributed by atoms with Crippen molar-refractivity contribution in [3.05, 3.63) is 47.6 Å². The van der Waals surface area contributed by atoms with Gasteiger partial charge in [0.25, 0.3) is 0 Å². The van der Waals surface area contributed by atoms with Crippen molar-refractivity contribution in [2.75, 3.05) is 16.8 Å². The Hall–Kier alpha value is -2.62. The van der Waals surface area contributed by atoms with Gasteiger partial charge in [0.2, 0.25) is 5.91 Å². The lowest BCUT2D eigenvalue weighted by Gasteiger charge is -2.08. The molecule has 0 radical (unpaired) electrons. The van der Waals surface area contributed by atoms with Crippen molar-refractivity contribution in [2.24, 2.45) is 0 Å². The van der Waals surface area contributed by atoms with E-state index in [1.807, 2.05) is 35.8 Å². The smallest absolute Gasteiger partial charge is 0.234 e. The largest absolute Gasteiger partial charge is 0.397 e. The zero-order valence-corrected chi connectivity index (χ0v) is 17.8. The molecule has 10 heteroatoms. The second kappa shape index (κ2) is 8.40.